The minimum atomic E-state index is 0.269. The van der Waals surface area contributed by atoms with Crippen molar-refractivity contribution < 1.29 is 5.11 Å². The van der Waals surface area contributed by atoms with E-state index in [0.29, 0.717) is 6.04 Å². The molecular formula is C13H16N2O. The molecule has 0 bridgehead atoms. The van der Waals surface area contributed by atoms with Gasteiger partial charge in [0.15, 0.2) is 0 Å². The van der Waals surface area contributed by atoms with Gasteiger partial charge in [0.05, 0.1) is 0 Å². The molecule has 1 aromatic heterocycles. The van der Waals surface area contributed by atoms with Crippen molar-refractivity contribution in [1.82, 2.24) is 4.57 Å². The lowest BCUT2D eigenvalue weighted by atomic mass is 10.1. The van der Waals surface area contributed by atoms with Gasteiger partial charge in [-0.1, -0.05) is 12.1 Å². The number of benzene rings is 1. The average Bonchev–Trinajstić information content (AvgIpc) is 2.61. The summed E-state index contributed by atoms with van der Waals surface area (Å²) in [5.74, 6) is 1.03. The SMILES string of the molecule is CC(C)n1ccc(-c2ccc(O)cc2)c1N. The summed E-state index contributed by atoms with van der Waals surface area (Å²) in [7, 11) is 0. The molecule has 0 radical (unpaired) electrons. The molecule has 0 unspecified atom stereocenters. The van der Waals surface area contributed by atoms with Crippen LogP contribution in [0.4, 0.5) is 5.82 Å². The molecule has 3 N–H and O–H groups in total. The van der Waals surface area contributed by atoms with Gasteiger partial charge in [-0.2, -0.15) is 0 Å². The van der Waals surface area contributed by atoms with E-state index >= 15 is 0 Å². The van der Waals surface area contributed by atoms with E-state index in [2.05, 4.69) is 13.8 Å². The van der Waals surface area contributed by atoms with Crippen LogP contribution in [0.2, 0.25) is 0 Å². The lowest BCUT2D eigenvalue weighted by Gasteiger charge is -2.10. The van der Waals surface area contributed by atoms with E-state index in [9.17, 15) is 5.11 Å². The molecule has 0 saturated heterocycles. The van der Waals surface area contributed by atoms with Gasteiger partial charge in [-0.15, -0.1) is 0 Å². The Labute approximate surface area is 95.1 Å². The molecule has 0 saturated carbocycles. The second kappa shape index (κ2) is 3.93. The monoisotopic (exact) mass is 216 g/mol. The molecular weight excluding hydrogens is 200 g/mol. The number of phenols is 1. The predicted octanol–water partition coefficient (Wildman–Crippen LogP) is 3.02. The Hall–Kier alpha value is -1.90. The summed E-state index contributed by atoms with van der Waals surface area (Å²) in [6.45, 7) is 4.19. The Kier molecular flexibility index (Phi) is 2.60. The molecule has 2 rings (SSSR count). The minimum absolute atomic E-state index is 0.269. The maximum Gasteiger partial charge on any atom is 0.115 e. The highest BCUT2D eigenvalue weighted by molar-refractivity contribution is 5.75. The van der Waals surface area contributed by atoms with E-state index in [-0.39, 0.29) is 5.75 Å². The fourth-order valence-electron chi connectivity index (χ4n) is 1.80. The van der Waals surface area contributed by atoms with Gasteiger partial charge in [-0.3, -0.25) is 0 Å². The molecule has 0 fully saturated rings. The van der Waals surface area contributed by atoms with E-state index in [1.807, 2.05) is 29.0 Å². The first-order chi connectivity index (χ1) is 7.59. The molecule has 3 nitrogen and oxygen atoms in total. The number of phenolic OH excluding ortho intramolecular Hbond substituents is 1. The molecule has 0 aliphatic carbocycles. The summed E-state index contributed by atoms with van der Waals surface area (Å²) in [4.78, 5) is 0. The number of hydrogen-bond donors (Lipinski definition) is 2. The van der Waals surface area contributed by atoms with Crippen LogP contribution in [0.5, 0.6) is 5.75 Å². The number of anilines is 1. The van der Waals surface area contributed by atoms with Crippen molar-refractivity contribution in [3.8, 4) is 16.9 Å². The quantitative estimate of drug-likeness (QED) is 0.810. The van der Waals surface area contributed by atoms with E-state index in [1.54, 1.807) is 12.1 Å². The molecule has 16 heavy (non-hydrogen) atoms. The highest BCUT2D eigenvalue weighted by Crippen LogP contribution is 2.29. The number of nitrogen functional groups attached to an aromatic ring is 1. The molecule has 3 heteroatoms. The maximum absolute atomic E-state index is 9.23. The van der Waals surface area contributed by atoms with Crippen LogP contribution in [0.1, 0.15) is 19.9 Å². The number of aromatic hydroxyl groups is 1. The maximum atomic E-state index is 9.23. The van der Waals surface area contributed by atoms with Crippen molar-refractivity contribution in [3.63, 3.8) is 0 Å². The standard InChI is InChI=1S/C13H16N2O/c1-9(2)15-8-7-12(13(15)14)10-3-5-11(16)6-4-10/h3-9,16H,14H2,1-2H3. The number of hydrogen-bond acceptors (Lipinski definition) is 2. The summed E-state index contributed by atoms with van der Waals surface area (Å²) in [5.41, 5.74) is 8.11. The van der Waals surface area contributed by atoms with Gasteiger partial charge in [0.25, 0.3) is 0 Å². The van der Waals surface area contributed by atoms with E-state index < -0.39 is 0 Å². The van der Waals surface area contributed by atoms with Gasteiger partial charge in [0.2, 0.25) is 0 Å². The van der Waals surface area contributed by atoms with Gasteiger partial charge >= 0.3 is 0 Å². The van der Waals surface area contributed by atoms with Gasteiger partial charge in [-0.05, 0) is 37.6 Å². The van der Waals surface area contributed by atoms with E-state index in [0.717, 1.165) is 16.9 Å². The summed E-state index contributed by atoms with van der Waals surface area (Å²) >= 11 is 0. The lowest BCUT2D eigenvalue weighted by Crippen LogP contribution is -2.04. The zero-order valence-electron chi connectivity index (χ0n) is 9.51. The fraction of sp³-hybridized carbons (Fsp3) is 0.231. The van der Waals surface area contributed by atoms with E-state index in [4.69, 9.17) is 5.73 Å². The summed E-state index contributed by atoms with van der Waals surface area (Å²) in [6.07, 6.45) is 1.99. The largest absolute Gasteiger partial charge is 0.508 e. The first-order valence-electron chi connectivity index (χ1n) is 5.35. The Bertz CT molecular complexity index is 483. The molecule has 1 aromatic carbocycles. The van der Waals surface area contributed by atoms with Crippen LogP contribution in [-0.2, 0) is 0 Å². The summed E-state index contributed by atoms with van der Waals surface area (Å²) in [5, 5.41) is 9.23. The van der Waals surface area contributed by atoms with Crippen molar-refractivity contribution in [3.05, 3.63) is 36.5 Å². The minimum Gasteiger partial charge on any atom is -0.508 e. The molecule has 84 valence electrons. The van der Waals surface area contributed by atoms with Crippen LogP contribution in [0, 0.1) is 0 Å². The summed E-state index contributed by atoms with van der Waals surface area (Å²) < 4.78 is 2.03. The number of rotatable bonds is 2. The van der Waals surface area contributed by atoms with Crippen LogP contribution in [0.25, 0.3) is 11.1 Å². The smallest absolute Gasteiger partial charge is 0.115 e. The first kappa shape index (κ1) is 10.6. The van der Waals surface area contributed by atoms with E-state index in [1.165, 1.54) is 0 Å². The second-order valence-corrected chi connectivity index (χ2v) is 4.16. The molecule has 0 spiro atoms. The molecule has 0 aliphatic rings. The number of nitrogens with two attached hydrogens (primary N) is 1. The van der Waals surface area contributed by atoms with Crippen molar-refractivity contribution >= 4 is 5.82 Å². The lowest BCUT2D eigenvalue weighted by molar-refractivity contribution is 0.475. The van der Waals surface area contributed by atoms with Gasteiger partial charge < -0.3 is 15.4 Å². The Morgan fingerprint density at radius 2 is 1.75 bits per heavy atom. The zero-order chi connectivity index (χ0) is 11.7. The van der Waals surface area contributed by atoms with Crippen molar-refractivity contribution in [2.45, 2.75) is 19.9 Å². The molecule has 2 aromatic rings. The van der Waals surface area contributed by atoms with Gasteiger partial charge in [0.1, 0.15) is 11.6 Å². The third kappa shape index (κ3) is 1.76. The third-order valence-electron chi connectivity index (χ3n) is 2.69. The molecule has 0 aliphatic heterocycles. The van der Waals surface area contributed by atoms with Crippen LogP contribution in [0.3, 0.4) is 0 Å². The van der Waals surface area contributed by atoms with Crippen molar-refractivity contribution in [1.29, 1.82) is 0 Å². The van der Waals surface area contributed by atoms with Gasteiger partial charge in [0, 0.05) is 17.8 Å². The van der Waals surface area contributed by atoms with Crippen LogP contribution < -0.4 is 5.73 Å². The normalized spacial score (nSPS) is 10.9. The topological polar surface area (TPSA) is 51.2 Å². The summed E-state index contributed by atoms with van der Waals surface area (Å²) in [6, 6.07) is 9.42. The van der Waals surface area contributed by atoms with Crippen molar-refractivity contribution in [2.75, 3.05) is 5.73 Å². The van der Waals surface area contributed by atoms with Crippen LogP contribution in [0.15, 0.2) is 36.5 Å². The highest BCUT2D eigenvalue weighted by atomic mass is 16.3. The molecule has 0 amide bonds. The Morgan fingerprint density at radius 1 is 1.12 bits per heavy atom. The zero-order valence-corrected chi connectivity index (χ0v) is 9.51. The van der Waals surface area contributed by atoms with Crippen LogP contribution >= 0.6 is 0 Å². The molecule has 0 atom stereocenters. The number of nitrogens with zero attached hydrogens (tertiary/aromatic N) is 1. The number of aromatic nitrogens is 1. The fourth-order valence-corrected chi connectivity index (χ4v) is 1.80. The average molecular weight is 216 g/mol. The van der Waals surface area contributed by atoms with Crippen LogP contribution in [-0.4, -0.2) is 9.67 Å². The first-order valence-corrected chi connectivity index (χ1v) is 5.35. The third-order valence-corrected chi connectivity index (χ3v) is 2.69. The predicted molar refractivity (Wildman–Crippen MR) is 66.3 cm³/mol. The van der Waals surface area contributed by atoms with Gasteiger partial charge in [-0.25, -0.2) is 0 Å². The van der Waals surface area contributed by atoms with Crippen molar-refractivity contribution in [2.24, 2.45) is 0 Å². The Balaban J connectivity index is 2.45. The Morgan fingerprint density at radius 3 is 2.25 bits per heavy atom. The highest BCUT2D eigenvalue weighted by Gasteiger charge is 2.09. The second-order valence-electron chi connectivity index (χ2n) is 4.16. The molecule has 1 heterocycles.